The van der Waals surface area contributed by atoms with Crippen molar-refractivity contribution in [1.82, 2.24) is 15.6 Å². The van der Waals surface area contributed by atoms with E-state index in [1.54, 1.807) is 11.3 Å². The Hall–Kier alpha value is -0.970. The molecule has 3 nitrogen and oxygen atoms in total. The van der Waals surface area contributed by atoms with Crippen molar-refractivity contribution in [3.8, 4) is 0 Å². The highest BCUT2D eigenvalue weighted by molar-refractivity contribution is 7.18. The van der Waals surface area contributed by atoms with Gasteiger partial charge in [-0.25, -0.2) is 4.98 Å². The second kappa shape index (κ2) is 5.99. The smallest absolute Gasteiger partial charge is 0.108 e. The number of hydrogen-bond donors (Lipinski definition) is 2. The van der Waals surface area contributed by atoms with E-state index in [4.69, 9.17) is 0 Å². The minimum absolute atomic E-state index is 0.544. The van der Waals surface area contributed by atoms with Crippen LogP contribution in [0.3, 0.4) is 0 Å². The summed E-state index contributed by atoms with van der Waals surface area (Å²) < 4.78 is 1.28. The zero-order valence-corrected chi connectivity index (χ0v) is 12.2. The van der Waals surface area contributed by atoms with Gasteiger partial charge in [0.15, 0.2) is 0 Å². The molecule has 1 aliphatic rings. The summed E-state index contributed by atoms with van der Waals surface area (Å²) in [6.45, 7) is 4.34. The summed E-state index contributed by atoms with van der Waals surface area (Å²) in [5.74, 6) is 0. The molecule has 2 atom stereocenters. The monoisotopic (exact) mass is 275 g/mol. The lowest BCUT2D eigenvalue weighted by atomic mass is 10.1. The van der Waals surface area contributed by atoms with Crippen molar-refractivity contribution in [2.75, 3.05) is 6.54 Å². The van der Waals surface area contributed by atoms with Gasteiger partial charge in [0.1, 0.15) is 5.01 Å². The number of aromatic nitrogens is 1. The van der Waals surface area contributed by atoms with Crippen LogP contribution >= 0.6 is 11.3 Å². The number of thiazole rings is 1. The van der Waals surface area contributed by atoms with Crippen LogP contribution in [-0.4, -0.2) is 23.6 Å². The largest absolute Gasteiger partial charge is 0.314 e. The molecule has 1 saturated heterocycles. The molecule has 0 radical (unpaired) electrons. The lowest BCUT2D eigenvalue weighted by Crippen LogP contribution is -2.33. The van der Waals surface area contributed by atoms with E-state index >= 15 is 0 Å². The third-order valence-electron chi connectivity index (χ3n) is 3.74. The van der Waals surface area contributed by atoms with E-state index in [2.05, 4.69) is 40.7 Å². The van der Waals surface area contributed by atoms with Gasteiger partial charge in [0.05, 0.1) is 10.2 Å². The summed E-state index contributed by atoms with van der Waals surface area (Å²) in [5, 5.41) is 8.34. The maximum atomic E-state index is 4.66. The highest BCUT2D eigenvalue weighted by atomic mass is 32.1. The second-order valence-electron chi connectivity index (χ2n) is 5.39. The Labute approximate surface area is 118 Å². The van der Waals surface area contributed by atoms with Gasteiger partial charge in [0.2, 0.25) is 0 Å². The van der Waals surface area contributed by atoms with Crippen molar-refractivity contribution in [3.05, 3.63) is 29.3 Å². The van der Waals surface area contributed by atoms with Crippen molar-refractivity contribution in [1.29, 1.82) is 0 Å². The molecule has 102 valence electrons. The molecule has 2 N–H and O–H groups in total. The third kappa shape index (κ3) is 3.32. The van der Waals surface area contributed by atoms with E-state index in [-0.39, 0.29) is 0 Å². The maximum Gasteiger partial charge on any atom is 0.108 e. The molecular formula is C15H21N3S. The zero-order chi connectivity index (χ0) is 13.1. The molecule has 4 heteroatoms. The van der Waals surface area contributed by atoms with E-state index in [1.807, 2.05) is 6.07 Å². The number of fused-ring (bicyclic) bond motifs is 1. The Morgan fingerprint density at radius 1 is 1.47 bits per heavy atom. The first-order valence-electron chi connectivity index (χ1n) is 7.12. The first kappa shape index (κ1) is 13.0. The Balaban J connectivity index is 1.53. The van der Waals surface area contributed by atoms with Gasteiger partial charge in [-0.3, -0.25) is 0 Å². The van der Waals surface area contributed by atoms with Crippen molar-refractivity contribution in [2.45, 2.75) is 44.8 Å². The summed E-state index contributed by atoms with van der Waals surface area (Å²) in [5.41, 5.74) is 1.12. The predicted molar refractivity (Wildman–Crippen MR) is 81.6 cm³/mol. The number of rotatable bonds is 5. The van der Waals surface area contributed by atoms with Crippen molar-refractivity contribution < 1.29 is 0 Å². The summed E-state index contributed by atoms with van der Waals surface area (Å²) in [7, 11) is 0. The number of hydrogen-bond acceptors (Lipinski definition) is 4. The standard InChI is InChI=1S/C15H21N3S/c1-11(9-12-5-4-8-16-12)17-10-15-18-13-6-2-3-7-14(13)19-15/h2-3,6-7,11-12,16-17H,4-5,8-10H2,1H3. The zero-order valence-electron chi connectivity index (χ0n) is 11.4. The molecule has 2 aromatic rings. The van der Waals surface area contributed by atoms with E-state index in [0.29, 0.717) is 12.1 Å². The molecule has 1 aromatic heterocycles. The lowest BCUT2D eigenvalue weighted by molar-refractivity contribution is 0.439. The quantitative estimate of drug-likeness (QED) is 0.881. The molecule has 2 heterocycles. The number of para-hydroxylation sites is 1. The van der Waals surface area contributed by atoms with Gasteiger partial charge in [0, 0.05) is 18.6 Å². The fraction of sp³-hybridized carbons (Fsp3) is 0.533. The highest BCUT2D eigenvalue weighted by Crippen LogP contribution is 2.21. The Kier molecular flexibility index (Phi) is 4.11. The first-order valence-corrected chi connectivity index (χ1v) is 7.94. The summed E-state index contributed by atoms with van der Waals surface area (Å²) >= 11 is 1.79. The fourth-order valence-electron chi connectivity index (χ4n) is 2.73. The second-order valence-corrected chi connectivity index (χ2v) is 6.50. The van der Waals surface area contributed by atoms with Crippen LogP contribution in [0, 0.1) is 0 Å². The molecule has 0 spiro atoms. The van der Waals surface area contributed by atoms with Crippen LogP contribution in [0.4, 0.5) is 0 Å². The predicted octanol–water partition coefficient (Wildman–Crippen LogP) is 2.92. The van der Waals surface area contributed by atoms with Crippen LogP contribution in [-0.2, 0) is 6.54 Å². The minimum atomic E-state index is 0.544. The average Bonchev–Trinajstić information content (AvgIpc) is 3.04. The van der Waals surface area contributed by atoms with Gasteiger partial charge in [-0.15, -0.1) is 11.3 Å². The van der Waals surface area contributed by atoms with Crippen LogP contribution in [0.15, 0.2) is 24.3 Å². The molecule has 2 unspecified atom stereocenters. The Bertz CT molecular complexity index is 498. The third-order valence-corrected chi connectivity index (χ3v) is 4.78. The van der Waals surface area contributed by atoms with E-state index in [0.717, 1.165) is 12.1 Å². The molecule has 0 saturated carbocycles. The normalized spacial score (nSPS) is 21.0. The van der Waals surface area contributed by atoms with Crippen molar-refractivity contribution >= 4 is 21.6 Å². The number of benzene rings is 1. The van der Waals surface area contributed by atoms with Crippen LogP contribution in [0.2, 0.25) is 0 Å². The van der Waals surface area contributed by atoms with E-state index < -0.39 is 0 Å². The first-order chi connectivity index (χ1) is 9.31. The number of nitrogens with zero attached hydrogens (tertiary/aromatic N) is 1. The lowest BCUT2D eigenvalue weighted by Gasteiger charge is -2.17. The van der Waals surface area contributed by atoms with Gasteiger partial charge in [-0.05, 0) is 44.9 Å². The average molecular weight is 275 g/mol. The molecule has 1 fully saturated rings. The molecule has 1 aliphatic heterocycles. The molecule has 3 rings (SSSR count). The van der Waals surface area contributed by atoms with Gasteiger partial charge in [-0.2, -0.15) is 0 Å². The topological polar surface area (TPSA) is 37.0 Å². The van der Waals surface area contributed by atoms with Crippen molar-refractivity contribution in [3.63, 3.8) is 0 Å². The number of nitrogens with one attached hydrogen (secondary N) is 2. The van der Waals surface area contributed by atoms with E-state index in [1.165, 1.54) is 35.5 Å². The molecule has 1 aromatic carbocycles. The van der Waals surface area contributed by atoms with Crippen LogP contribution < -0.4 is 10.6 Å². The van der Waals surface area contributed by atoms with Crippen LogP contribution in [0.25, 0.3) is 10.2 Å². The maximum absolute atomic E-state index is 4.66. The van der Waals surface area contributed by atoms with Crippen molar-refractivity contribution in [2.24, 2.45) is 0 Å². The van der Waals surface area contributed by atoms with Gasteiger partial charge >= 0.3 is 0 Å². The highest BCUT2D eigenvalue weighted by Gasteiger charge is 2.16. The molecule has 0 bridgehead atoms. The van der Waals surface area contributed by atoms with Gasteiger partial charge in [0.25, 0.3) is 0 Å². The van der Waals surface area contributed by atoms with Gasteiger partial charge < -0.3 is 10.6 Å². The summed E-state index contributed by atoms with van der Waals surface area (Å²) in [4.78, 5) is 4.66. The molecule has 0 aliphatic carbocycles. The van der Waals surface area contributed by atoms with Gasteiger partial charge in [-0.1, -0.05) is 12.1 Å². The molecule has 19 heavy (non-hydrogen) atoms. The van der Waals surface area contributed by atoms with Crippen LogP contribution in [0.5, 0.6) is 0 Å². The van der Waals surface area contributed by atoms with Crippen LogP contribution in [0.1, 0.15) is 31.2 Å². The van der Waals surface area contributed by atoms with E-state index in [9.17, 15) is 0 Å². The minimum Gasteiger partial charge on any atom is -0.314 e. The SMILES string of the molecule is CC(CC1CCCN1)NCc1nc2ccccc2s1. The Morgan fingerprint density at radius 2 is 2.37 bits per heavy atom. The Morgan fingerprint density at radius 3 is 3.16 bits per heavy atom. The molecule has 0 amide bonds. The fourth-order valence-corrected chi connectivity index (χ4v) is 3.64. The molecular weight excluding hydrogens is 254 g/mol. The summed E-state index contributed by atoms with van der Waals surface area (Å²) in [6.07, 6.45) is 3.87. The summed E-state index contributed by atoms with van der Waals surface area (Å²) in [6, 6.07) is 9.60.